The molecule has 3 N–H and O–H groups in total. The fourth-order valence-corrected chi connectivity index (χ4v) is 4.42. The fourth-order valence-electron chi connectivity index (χ4n) is 3.46. The molecule has 1 aliphatic heterocycles. The van der Waals surface area contributed by atoms with Crippen molar-refractivity contribution in [2.24, 2.45) is 0 Å². The molecule has 9 nitrogen and oxygen atoms in total. The van der Waals surface area contributed by atoms with Crippen molar-refractivity contribution >= 4 is 23.2 Å². The van der Waals surface area contributed by atoms with Crippen molar-refractivity contribution in [1.82, 2.24) is 20.7 Å². The summed E-state index contributed by atoms with van der Waals surface area (Å²) in [7, 11) is 0. The van der Waals surface area contributed by atoms with Crippen molar-refractivity contribution in [2.75, 3.05) is 39.5 Å². The monoisotopic (exact) mass is 482 g/mol. The third-order valence-electron chi connectivity index (χ3n) is 5.32. The molecule has 2 heterocycles. The third-order valence-corrected chi connectivity index (χ3v) is 6.35. The van der Waals surface area contributed by atoms with E-state index in [2.05, 4.69) is 15.2 Å². The Labute approximate surface area is 201 Å². The minimum Gasteiger partial charge on any atom is -0.492 e. The summed E-state index contributed by atoms with van der Waals surface area (Å²) in [5.41, 5.74) is 3.49. The first-order chi connectivity index (χ1) is 16.6. The summed E-state index contributed by atoms with van der Waals surface area (Å²) in [5.74, 6) is -0.207. The van der Waals surface area contributed by atoms with Crippen LogP contribution in [0.3, 0.4) is 0 Å². The number of aromatic nitrogens is 1. The molecule has 2 aromatic carbocycles. The van der Waals surface area contributed by atoms with Crippen LogP contribution in [0.2, 0.25) is 0 Å². The van der Waals surface area contributed by atoms with Crippen LogP contribution >= 0.6 is 11.3 Å². The maximum absolute atomic E-state index is 12.4. The molecule has 1 fully saturated rings. The molecule has 10 heteroatoms. The van der Waals surface area contributed by atoms with Gasteiger partial charge in [0.25, 0.3) is 11.8 Å². The lowest BCUT2D eigenvalue weighted by molar-refractivity contribution is 0.0341. The quantitative estimate of drug-likeness (QED) is 0.244. The predicted octanol–water partition coefficient (Wildman–Crippen LogP) is 2.57. The van der Waals surface area contributed by atoms with E-state index in [9.17, 15) is 9.59 Å². The number of morpholine rings is 1. The van der Waals surface area contributed by atoms with Gasteiger partial charge >= 0.3 is 0 Å². The van der Waals surface area contributed by atoms with Crippen LogP contribution in [0.1, 0.15) is 25.7 Å². The number of hydrogen-bond donors (Lipinski definition) is 3. The second kappa shape index (κ2) is 11.7. The first-order valence-electron chi connectivity index (χ1n) is 10.9. The second-order valence-corrected chi connectivity index (χ2v) is 8.77. The number of rotatable bonds is 9. The van der Waals surface area contributed by atoms with E-state index in [0.717, 1.165) is 48.3 Å². The van der Waals surface area contributed by atoms with Gasteiger partial charge in [-0.1, -0.05) is 12.1 Å². The van der Waals surface area contributed by atoms with E-state index in [4.69, 9.17) is 14.7 Å². The Hall–Kier alpha value is -3.31. The van der Waals surface area contributed by atoms with Crippen LogP contribution in [0.25, 0.3) is 10.4 Å². The van der Waals surface area contributed by atoms with Gasteiger partial charge in [0.2, 0.25) is 0 Å². The Morgan fingerprint density at radius 2 is 1.71 bits per heavy atom. The Morgan fingerprint density at radius 3 is 2.41 bits per heavy atom. The summed E-state index contributed by atoms with van der Waals surface area (Å²) in [4.78, 5) is 31.7. The molecule has 0 spiro atoms. The lowest BCUT2D eigenvalue weighted by Gasteiger charge is -2.25. The van der Waals surface area contributed by atoms with Gasteiger partial charge in [-0.15, -0.1) is 11.3 Å². The zero-order valence-electron chi connectivity index (χ0n) is 18.5. The van der Waals surface area contributed by atoms with Crippen LogP contribution in [-0.2, 0) is 11.3 Å². The van der Waals surface area contributed by atoms with Gasteiger partial charge in [0.1, 0.15) is 17.4 Å². The second-order valence-electron chi connectivity index (χ2n) is 7.65. The van der Waals surface area contributed by atoms with Crippen LogP contribution in [0.15, 0.2) is 54.7 Å². The number of amides is 2. The number of thiazole rings is 1. The minimum atomic E-state index is -0.589. The summed E-state index contributed by atoms with van der Waals surface area (Å²) in [6, 6.07) is 13.8. The standard InChI is InChI=1S/C24H26N4O5S/c29-23(25-9-12-33-20-7-5-19(6-8-20)24(30)27-31)18-3-1-17(2-4-18)21-15-26-22(34-21)16-28-10-13-32-14-11-28/h1-8,15,31H,9-14,16H2,(H,25,29)(H,27,30). The van der Waals surface area contributed by atoms with Crippen LogP contribution < -0.4 is 15.5 Å². The largest absolute Gasteiger partial charge is 0.492 e. The Bertz CT molecular complexity index is 1100. The van der Waals surface area contributed by atoms with Gasteiger partial charge in [0.15, 0.2) is 0 Å². The average Bonchev–Trinajstić information content (AvgIpc) is 3.35. The van der Waals surface area contributed by atoms with Gasteiger partial charge < -0.3 is 14.8 Å². The van der Waals surface area contributed by atoms with Crippen molar-refractivity contribution < 1.29 is 24.3 Å². The van der Waals surface area contributed by atoms with Crippen LogP contribution in [-0.4, -0.2) is 66.4 Å². The van der Waals surface area contributed by atoms with Gasteiger partial charge in [-0.2, -0.15) is 0 Å². The Balaban J connectivity index is 1.23. The fraction of sp³-hybridized carbons (Fsp3) is 0.292. The normalized spacial score (nSPS) is 13.9. The Kier molecular flexibility index (Phi) is 8.21. The maximum Gasteiger partial charge on any atom is 0.274 e. The third kappa shape index (κ3) is 6.39. The SMILES string of the molecule is O=C(NO)c1ccc(OCCNC(=O)c2ccc(-c3cnc(CN4CCOCC4)s3)cc2)cc1. The molecule has 178 valence electrons. The lowest BCUT2D eigenvalue weighted by atomic mass is 10.1. The average molecular weight is 483 g/mol. The van der Waals surface area contributed by atoms with Crippen molar-refractivity contribution in [3.8, 4) is 16.2 Å². The summed E-state index contributed by atoms with van der Waals surface area (Å²) >= 11 is 1.67. The van der Waals surface area contributed by atoms with Crippen LogP contribution in [0, 0.1) is 0 Å². The number of hydroxylamine groups is 1. The molecule has 0 aliphatic carbocycles. The van der Waals surface area contributed by atoms with Gasteiger partial charge in [-0.25, -0.2) is 10.5 Å². The number of carbonyl (C=O) groups excluding carboxylic acids is 2. The van der Waals surface area contributed by atoms with Crippen molar-refractivity contribution in [3.05, 3.63) is 70.9 Å². The highest BCUT2D eigenvalue weighted by Gasteiger charge is 2.14. The molecule has 0 bridgehead atoms. The van der Waals surface area contributed by atoms with E-state index >= 15 is 0 Å². The van der Waals surface area contributed by atoms with E-state index in [-0.39, 0.29) is 12.5 Å². The number of benzene rings is 2. The van der Waals surface area contributed by atoms with E-state index < -0.39 is 5.91 Å². The van der Waals surface area contributed by atoms with Gasteiger partial charge in [-0.05, 0) is 42.0 Å². The number of nitrogens with one attached hydrogen (secondary N) is 2. The number of hydrogen-bond acceptors (Lipinski definition) is 8. The van der Waals surface area contributed by atoms with E-state index in [0.29, 0.717) is 23.4 Å². The zero-order chi connectivity index (χ0) is 23.8. The van der Waals surface area contributed by atoms with Crippen LogP contribution in [0.5, 0.6) is 5.75 Å². The van der Waals surface area contributed by atoms with Crippen molar-refractivity contribution in [1.29, 1.82) is 0 Å². The summed E-state index contributed by atoms with van der Waals surface area (Å²) < 4.78 is 11.0. The molecule has 3 aromatic rings. The number of nitrogens with zero attached hydrogens (tertiary/aromatic N) is 2. The molecule has 0 unspecified atom stereocenters. The molecule has 1 saturated heterocycles. The molecule has 0 radical (unpaired) electrons. The van der Waals surface area contributed by atoms with E-state index in [1.54, 1.807) is 41.1 Å². The summed E-state index contributed by atoms with van der Waals surface area (Å²) in [6.07, 6.45) is 1.88. The van der Waals surface area contributed by atoms with Gasteiger partial charge in [0, 0.05) is 30.4 Å². The van der Waals surface area contributed by atoms with Crippen molar-refractivity contribution in [2.45, 2.75) is 6.54 Å². The first kappa shape index (κ1) is 23.8. The lowest BCUT2D eigenvalue weighted by Crippen LogP contribution is -2.35. The highest BCUT2D eigenvalue weighted by molar-refractivity contribution is 7.15. The molecule has 0 atom stereocenters. The molecule has 1 aromatic heterocycles. The van der Waals surface area contributed by atoms with Gasteiger partial charge in [0.05, 0.1) is 31.2 Å². The number of carbonyl (C=O) groups is 2. The smallest absolute Gasteiger partial charge is 0.274 e. The molecular formula is C24H26N4O5S. The van der Waals surface area contributed by atoms with Gasteiger partial charge in [-0.3, -0.25) is 19.7 Å². The molecule has 34 heavy (non-hydrogen) atoms. The van der Waals surface area contributed by atoms with Crippen LogP contribution in [0.4, 0.5) is 0 Å². The molecular weight excluding hydrogens is 456 g/mol. The first-order valence-corrected chi connectivity index (χ1v) is 11.7. The number of ether oxygens (including phenoxy) is 2. The molecule has 0 saturated carbocycles. The van der Waals surface area contributed by atoms with Crippen molar-refractivity contribution in [3.63, 3.8) is 0 Å². The molecule has 2 amide bonds. The topological polar surface area (TPSA) is 113 Å². The van der Waals surface area contributed by atoms with E-state index in [1.807, 2.05) is 18.3 Å². The maximum atomic E-state index is 12.4. The highest BCUT2D eigenvalue weighted by Crippen LogP contribution is 2.27. The minimum absolute atomic E-state index is 0.178. The summed E-state index contributed by atoms with van der Waals surface area (Å²) in [5, 5.41) is 12.5. The highest BCUT2D eigenvalue weighted by atomic mass is 32.1. The van der Waals surface area contributed by atoms with E-state index in [1.165, 1.54) is 12.1 Å². The summed E-state index contributed by atoms with van der Waals surface area (Å²) in [6.45, 7) is 4.85. The molecule has 4 rings (SSSR count). The predicted molar refractivity (Wildman–Crippen MR) is 127 cm³/mol. The molecule has 1 aliphatic rings. The Morgan fingerprint density at radius 1 is 1.03 bits per heavy atom. The zero-order valence-corrected chi connectivity index (χ0v) is 19.3.